The monoisotopic (exact) mass is 332 g/mol. The molecule has 0 saturated heterocycles. The molecule has 2 aromatic heterocycles. The topological polar surface area (TPSA) is 77.8 Å². The van der Waals surface area contributed by atoms with Crippen LogP contribution in [0.5, 0.6) is 0 Å². The number of aryl methyl sites for hydroxylation is 1. The van der Waals surface area contributed by atoms with E-state index >= 15 is 0 Å². The summed E-state index contributed by atoms with van der Waals surface area (Å²) >= 11 is 0. The van der Waals surface area contributed by atoms with Gasteiger partial charge in [0.1, 0.15) is 11.6 Å². The van der Waals surface area contributed by atoms with Gasteiger partial charge in [-0.3, -0.25) is 0 Å². The molecule has 0 bridgehead atoms. The molecule has 4 heteroatoms. The summed E-state index contributed by atoms with van der Waals surface area (Å²) in [5.41, 5.74) is 16.7. The molecule has 1 aromatic carbocycles. The van der Waals surface area contributed by atoms with E-state index in [1.54, 1.807) is 12.4 Å². The number of nitrogens with two attached hydrogens (primary N) is 2. The molecule has 4 N–H and O–H groups in total. The van der Waals surface area contributed by atoms with Gasteiger partial charge in [-0.2, -0.15) is 0 Å². The van der Waals surface area contributed by atoms with Gasteiger partial charge in [0.25, 0.3) is 0 Å². The van der Waals surface area contributed by atoms with Crippen molar-refractivity contribution in [1.29, 1.82) is 0 Å². The van der Waals surface area contributed by atoms with Gasteiger partial charge >= 0.3 is 0 Å². The second kappa shape index (κ2) is 7.34. The number of rotatable bonds is 2. The van der Waals surface area contributed by atoms with Gasteiger partial charge in [0, 0.05) is 23.3 Å². The first-order valence-corrected chi connectivity index (χ1v) is 8.68. The Morgan fingerprint density at radius 3 is 2.40 bits per heavy atom. The van der Waals surface area contributed by atoms with Gasteiger partial charge < -0.3 is 11.5 Å². The highest BCUT2D eigenvalue weighted by atomic mass is 14.8. The molecule has 0 spiro atoms. The van der Waals surface area contributed by atoms with Crippen LogP contribution in [0, 0.1) is 0 Å². The second-order valence-electron chi connectivity index (χ2n) is 6.20. The third-order valence-corrected chi connectivity index (χ3v) is 4.61. The molecule has 1 aliphatic carbocycles. The maximum Gasteiger partial charge on any atom is 0.131 e. The van der Waals surface area contributed by atoms with Crippen LogP contribution in [-0.4, -0.2) is 9.97 Å². The minimum absolute atomic E-state index is 0.611. The smallest absolute Gasteiger partial charge is 0.131 e. The van der Waals surface area contributed by atoms with E-state index in [4.69, 9.17) is 11.5 Å². The second-order valence-corrected chi connectivity index (χ2v) is 6.20. The molecular weight excluding hydrogens is 308 g/mol. The lowest BCUT2D eigenvalue weighted by atomic mass is 10.1. The number of hydrogen-bond acceptors (Lipinski definition) is 4. The van der Waals surface area contributed by atoms with E-state index in [2.05, 4.69) is 42.0 Å². The Hall–Kier alpha value is -2.88. The number of hydrogen-bond donors (Lipinski definition) is 2. The molecule has 25 heavy (non-hydrogen) atoms. The molecule has 3 aromatic rings. The van der Waals surface area contributed by atoms with E-state index in [0.29, 0.717) is 11.6 Å². The summed E-state index contributed by atoms with van der Waals surface area (Å²) in [6.45, 7) is 4.31. The van der Waals surface area contributed by atoms with E-state index in [-0.39, 0.29) is 0 Å². The largest absolute Gasteiger partial charge is 0.383 e. The zero-order valence-electron chi connectivity index (χ0n) is 14.8. The van der Waals surface area contributed by atoms with E-state index in [9.17, 15) is 0 Å². The molecule has 0 atom stereocenters. The fourth-order valence-corrected chi connectivity index (χ4v) is 3.05. The maximum atomic E-state index is 5.74. The summed E-state index contributed by atoms with van der Waals surface area (Å²) in [6, 6.07) is 10.3. The van der Waals surface area contributed by atoms with E-state index in [1.165, 1.54) is 27.6 Å². The van der Waals surface area contributed by atoms with Crippen molar-refractivity contribution in [2.45, 2.75) is 33.1 Å². The Balaban J connectivity index is 0.000000146. The van der Waals surface area contributed by atoms with Crippen LogP contribution >= 0.6 is 0 Å². The lowest BCUT2D eigenvalue weighted by Crippen LogP contribution is -1.96. The highest BCUT2D eigenvalue weighted by Gasteiger charge is 2.13. The van der Waals surface area contributed by atoms with Gasteiger partial charge in [0.2, 0.25) is 0 Å². The first kappa shape index (κ1) is 17.0. The first-order chi connectivity index (χ1) is 12.1. The van der Waals surface area contributed by atoms with Gasteiger partial charge in [-0.1, -0.05) is 43.7 Å². The summed E-state index contributed by atoms with van der Waals surface area (Å²) in [7, 11) is 0. The van der Waals surface area contributed by atoms with Crippen LogP contribution in [0.1, 0.15) is 37.0 Å². The van der Waals surface area contributed by atoms with Crippen LogP contribution in [0.2, 0.25) is 0 Å². The van der Waals surface area contributed by atoms with Crippen LogP contribution in [0.25, 0.3) is 16.8 Å². The number of allylic oxidation sites excluding steroid dienone is 1. The van der Waals surface area contributed by atoms with Crippen molar-refractivity contribution in [3.63, 3.8) is 0 Å². The summed E-state index contributed by atoms with van der Waals surface area (Å²) in [5.74, 6) is 1.30. The van der Waals surface area contributed by atoms with Gasteiger partial charge in [0.15, 0.2) is 0 Å². The number of benzene rings is 1. The van der Waals surface area contributed by atoms with E-state index in [1.807, 2.05) is 18.2 Å². The standard InChI is InChI=1S/C11H12N2.C10H12N2/c1-2-8-3-4-10-9(7-8)5-6-13-11(10)12;1-2-7-5-8-3-4-12-10(11)9(8)6-7/h3-7H,2H2,1H3,(H2,12,13);3-5H,2,6H2,1H3,(H2,11,12). The van der Waals surface area contributed by atoms with Gasteiger partial charge in [-0.25, -0.2) is 9.97 Å². The summed E-state index contributed by atoms with van der Waals surface area (Å²) in [5, 5.41) is 2.21. The number of anilines is 2. The van der Waals surface area contributed by atoms with E-state index in [0.717, 1.165) is 24.6 Å². The lowest BCUT2D eigenvalue weighted by molar-refractivity contribution is 1.03. The van der Waals surface area contributed by atoms with Crippen molar-refractivity contribution in [2.24, 2.45) is 0 Å². The predicted molar refractivity (Wildman–Crippen MR) is 106 cm³/mol. The Kier molecular flexibility index (Phi) is 4.98. The number of pyridine rings is 2. The molecule has 2 heterocycles. The fraction of sp³-hybridized carbons (Fsp3) is 0.238. The summed E-state index contributed by atoms with van der Waals surface area (Å²) in [6.07, 6.45) is 8.88. The highest BCUT2D eigenvalue weighted by Crippen LogP contribution is 2.29. The Morgan fingerprint density at radius 1 is 0.920 bits per heavy atom. The quantitative estimate of drug-likeness (QED) is 0.729. The van der Waals surface area contributed by atoms with Crippen LogP contribution in [0.3, 0.4) is 0 Å². The molecule has 0 saturated carbocycles. The zero-order valence-corrected chi connectivity index (χ0v) is 14.8. The summed E-state index contributed by atoms with van der Waals surface area (Å²) < 4.78 is 0. The normalized spacial score (nSPS) is 12.3. The molecule has 0 aliphatic heterocycles. The van der Waals surface area contributed by atoms with Crippen molar-refractivity contribution >= 4 is 28.5 Å². The van der Waals surface area contributed by atoms with Crippen molar-refractivity contribution in [3.05, 3.63) is 65.0 Å². The zero-order chi connectivity index (χ0) is 17.8. The Bertz CT molecular complexity index is 928. The van der Waals surface area contributed by atoms with Crippen LogP contribution in [-0.2, 0) is 12.8 Å². The molecule has 0 unspecified atom stereocenters. The Morgan fingerprint density at radius 2 is 1.68 bits per heavy atom. The van der Waals surface area contributed by atoms with Crippen molar-refractivity contribution < 1.29 is 0 Å². The average Bonchev–Trinajstić information content (AvgIpc) is 3.07. The predicted octanol–water partition coefficient (Wildman–Crippen LogP) is 4.39. The molecule has 4 nitrogen and oxygen atoms in total. The SMILES string of the molecule is CCC1=Cc2ccnc(N)c2C1.CCc1ccc2c(N)nccc2c1. The van der Waals surface area contributed by atoms with Crippen LogP contribution < -0.4 is 11.5 Å². The first-order valence-electron chi connectivity index (χ1n) is 8.68. The summed E-state index contributed by atoms with van der Waals surface area (Å²) in [4.78, 5) is 8.10. The molecule has 0 amide bonds. The molecule has 0 radical (unpaired) electrons. The molecule has 0 fully saturated rings. The van der Waals surface area contributed by atoms with Crippen molar-refractivity contribution in [3.8, 4) is 0 Å². The van der Waals surface area contributed by atoms with E-state index < -0.39 is 0 Å². The van der Waals surface area contributed by atoms with Crippen LogP contribution in [0.15, 0.2) is 48.3 Å². The van der Waals surface area contributed by atoms with Gasteiger partial charge in [-0.05, 0) is 47.9 Å². The fourth-order valence-electron chi connectivity index (χ4n) is 3.05. The van der Waals surface area contributed by atoms with Crippen LogP contribution in [0.4, 0.5) is 11.6 Å². The number of nitrogens with zero attached hydrogens (tertiary/aromatic N) is 2. The number of fused-ring (bicyclic) bond motifs is 2. The minimum atomic E-state index is 0.611. The molecule has 4 rings (SSSR count). The minimum Gasteiger partial charge on any atom is -0.383 e. The third-order valence-electron chi connectivity index (χ3n) is 4.61. The lowest BCUT2D eigenvalue weighted by Gasteiger charge is -2.02. The third kappa shape index (κ3) is 3.63. The van der Waals surface area contributed by atoms with Gasteiger partial charge in [0.05, 0.1) is 0 Å². The molecule has 128 valence electrons. The molecular formula is C21H24N4. The van der Waals surface area contributed by atoms with Crippen molar-refractivity contribution in [2.75, 3.05) is 11.5 Å². The highest BCUT2D eigenvalue weighted by molar-refractivity contribution is 5.91. The number of aromatic nitrogens is 2. The van der Waals surface area contributed by atoms with Crippen molar-refractivity contribution in [1.82, 2.24) is 9.97 Å². The average molecular weight is 332 g/mol. The Labute approximate surface area is 148 Å². The number of nitrogen functional groups attached to an aromatic ring is 2. The van der Waals surface area contributed by atoms with Gasteiger partial charge in [-0.15, -0.1) is 0 Å². The maximum absolute atomic E-state index is 5.74. The molecule has 1 aliphatic rings.